The minimum Gasteiger partial charge on any atom is -0.494 e. The minimum atomic E-state index is 0.215. The van der Waals surface area contributed by atoms with Gasteiger partial charge in [0.15, 0.2) is 0 Å². The van der Waals surface area contributed by atoms with E-state index in [-0.39, 0.29) is 5.84 Å². The number of nitrogens with one attached hydrogen (secondary N) is 1. The summed E-state index contributed by atoms with van der Waals surface area (Å²) in [6.07, 6.45) is 2.30. The van der Waals surface area contributed by atoms with Crippen molar-refractivity contribution >= 4 is 5.84 Å². The third kappa shape index (κ3) is 4.76. The topological polar surface area (TPSA) is 59.1 Å². The summed E-state index contributed by atoms with van der Waals surface area (Å²) in [6.45, 7) is 0.595. The summed E-state index contributed by atoms with van der Waals surface area (Å²) in [4.78, 5) is 0. The van der Waals surface area contributed by atoms with Crippen LogP contribution in [0.4, 0.5) is 0 Å². The molecule has 3 nitrogen and oxygen atoms in total. The highest BCUT2D eigenvalue weighted by Gasteiger charge is 1.98. The van der Waals surface area contributed by atoms with Gasteiger partial charge in [-0.3, -0.25) is 5.41 Å². The van der Waals surface area contributed by atoms with Gasteiger partial charge in [-0.15, -0.1) is 0 Å². The van der Waals surface area contributed by atoms with Crippen molar-refractivity contribution in [3.8, 4) is 5.75 Å². The molecule has 0 saturated carbocycles. The predicted molar refractivity (Wildman–Crippen MR) is 82.3 cm³/mol. The zero-order valence-electron chi connectivity index (χ0n) is 11.5. The van der Waals surface area contributed by atoms with E-state index in [9.17, 15) is 0 Å². The molecule has 3 heteroatoms. The monoisotopic (exact) mass is 268 g/mol. The molecule has 0 aliphatic carbocycles. The maximum Gasteiger partial charge on any atom is 0.119 e. The summed E-state index contributed by atoms with van der Waals surface area (Å²) in [5, 5.41) is 7.13. The number of benzene rings is 2. The number of rotatable bonds is 7. The Kier molecular flexibility index (Phi) is 5.18. The van der Waals surface area contributed by atoms with E-state index in [0.717, 1.165) is 18.6 Å². The van der Waals surface area contributed by atoms with Crippen molar-refractivity contribution in [2.45, 2.75) is 19.3 Å². The molecule has 0 atom stereocenters. The molecule has 0 heterocycles. The van der Waals surface area contributed by atoms with E-state index >= 15 is 0 Å². The minimum absolute atomic E-state index is 0.215. The Balaban J connectivity index is 1.82. The van der Waals surface area contributed by atoms with Crippen LogP contribution in [0.1, 0.15) is 24.0 Å². The SMILES string of the molecule is N=C(N)CCCOc1ccc(Cc2ccccc2)cc1. The van der Waals surface area contributed by atoms with E-state index in [1.54, 1.807) is 0 Å². The molecule has 2 rings (SSSR count). The quantitative estimate of drug-likeness (QED) is 0.459. The van der Waals surface area contributed by atoms with E-state index in [2.05, 4.69) is 36.4 Å². The number of hydrogen-bond acceptors (Lipinski definition) is 2. The van der Waals surface area contributed by atoms with Crippen molar-refractivity contribution in [3.63, 3.8) is 0 Å². The van der Waals surface area contributed by atoms with Gasteiger partial charge in [0, 0.05) is 6.42 Å². The van der Waals surface area contributed by atoms with E-state index in [1.807, 2.05) is 18.2 Å². The third-order valence-electron chi connectivity index (χ3n) is 3.03. The second kappa shape index (κ2) is 7.34. The smallest absolute Gasteiger partial charge is 0.119 e. The van der Waals surface area contributed by atoms with Gasteiger partial charge in [-0.1, -0.05) is 42.5 Å². The summed E-state index contributed by atoms with van der Waals surface area (Å²) in [5.41, 5.74) is 7.87. The molecule has 3 N–H and O–H groups in total. The molecule has 20 heavy (non-hydrogen) atoms. The van der Waals surface area contributed by atoms with Crippen molar-refractivity contribution in [3.05, 3.63) is 65.7 Å². The first kappa shape index (κ1) is 14.1. The fourth-order valence-electron chi connectivity index (χ4n) is 1.99. The highest BCUT2D eigenvalue weighted by Crippen LogP contribution is 2.15. The molecule has 2 aromatic rings. The maximum absolute atomic E-state index is 7.13. The Morgan fingerprint density at radius 1 is 0.950 bits per heavy atom. The first-order valence-electron chi connectivity index (χ1n) is 6.82. The summed E-state index contributed by atoms with van der Waals surface area (Å²) >= 11 is 0. The van der Waals surface area contributed by atoms with Crippen LogP contribution < -0.4 is 10.5 Å². The Morgan fingerprint density at radius 3 is 2.25 bits per heavy atom. The predicted octanol–water partition coefficient (Wildman–Crippen LogP) is 3.37. The van der Waals surface area contributed by atoms with E-state index < -0.39 is 0 Å². The van der Waals surface area contributed by atoms with E-state index in [0.29, 0.717) is 13.0 Å². The van der Waals surface area contributed by atoms with Gasteiger partial charge in [-0.25, -0.2) is 0 Å². The van der Waals surface area contributed by atoms with Crippen molar-refractivity contribution in [1.29, 1.82) is 5.41 Å². The lowest BCUT2D eigenvalue weighted by molar-refractivity contribution is 0.313. The molecule has 0 saturated heterocycles. The molecule has 0 aliphatic heterocycles. The van der Waals surface area contributed by atoms with Gasteiger partial charge in [0.25, 0.3) is 0 Å². The zero-order chi connectivity index (χ0) is 14.2. The van der Waals surface area contributed by atoms with Gasteiger partial charge in [0.05, 0.1) is 12.4 Å². The molecule has 0 fully saturated rings. The molecule has 0 spiro atoms. The molecular weight excluding hydrogens is 248 g/mol. The average molecular weight is 268 g/mol. The van der Waals surface area contributed by atoms with Crippen LogP contribution >= 0.6 is 0 Å². The van der Waals surface area contributed by atoms with Crippen LogP contribution in [0.3, 0.4) is 0 Å². The molecule has 2 aromatic carbocycles. The summed E-state index contributed by atoms with van der Waals surface area (Å²) in [6, 6.07) is 18.6. The van der Waals surface area contributed by atoms with Gasteiger partial charge in [-0.2, -0.15) is 0 Å². The first-order chi connectivity index (χ1) is 9.74. The Hall–Kier alpha value is -2.29. The van der Waals surface area contributed by atoms with Gasteiger partial charge in [0.1, 0.15) is 5.75 Å². The molecule has 0 aromatic heterocycles. The van der Waals surface area contributed by atoms with Crippen molar-refractivity contribution in [1.82, 2.24) is 0 Å². The second-order valence-corrected chi connectivity index (χ2v) is 4.78. The number of hydrogen-bond donors (Lipinski definition) is 2. The second-order valence-electron chi connectivity index (χ2n) is 4.78. The molecule has 104 valence electrons. The van der Waals surface area contributed by atoms with E-state index in [1.165, 1.54) is 11.1 Å². The lowest BCUT2D eigenvalue weighted by Gasteiger charge is -2.07. The van der Waals surface area contributed by atoms with Gasteiger partial charge in [0.2, 0.25) is 0 Å². The highest BCUT2D eigenvalue weighted by molar-refractivity contribution is 5.76. The number of nitrogens with two attached hydrogens (primary N) is 1. The maximum atomic E-state index is 7.13. The normalized spacial score (nSPS) is 10.2. The summed E-state index contributed by atoms with van der Waals surface area (Å²) in [5.74, 6) is 1.08. The summed E-state index contributed by atoms with van der Waals surface area (Å²) < 4.78 is 5.61. The lowest BCUT2D eigenvalue weighted by Crippen LogP contribution is -2.10. The van der Waals surface area contributed by atoms with Crippen LogP contribution in [0.2, 0.25) is 0 Å². The molecule has 0 bridgehead atoms. The fourth-order valence-corrected chi connectivity index (χ4v) is 1.99. The lowest BCUT2D eigenvalue weighted by atomic mass is 10.1. The number of amidine groups is 1. The largest absolute Gasteiger partial charge is 0.494 e. The van der Waals surface area contributed by atoms with Crippen LogP contribution in [0.5, 0.6) is 5.75 Å². The zero-order valence-corrected chi connectivity index (χ0v) is 11.5. The van der Waals surface area contributed by atoms with Crippen LogP contribution in [-0.4, -0.2) is 12.4 Å². The van der Waals surface area contributed by atoms with Crippen molar-refractivity contribution in [2.75, 3.05) is 6.61 Å². The molecule has 0 amide bonds. The van der Waals surface area contributed by atoms with Crippen LogP contribution in [0, 0.1) is 5.41 Å². The Morgan fingerprint density at radius 2 is 1.60 bits per heavy atom. The van der Waals surface area contributed by atoms with Crippen molar-refractivity contribution < 1.29 is 4.74 Å². The van der Waals surface area contributed by atoms with Gasteiger partial charge >= 0.3 is 0 Å². The van der Waals surface area contributed by atoms with E-state index in [4.69, 9.17) is 15.9 Å². The molecule has 0 aliphatic rings. The van der Waals surface area contributed by atoms with Crippen LogP contribution in [0.25, 0.3) is 0 Å². The van der Waals surface area contributed by atoms with Gasteiger partial charge in [-0.05, 0) is 36.1 Å². The fraction of sp³-hybridized carbons (Fsp3) is 0.235. The standard InChI is InChI=1S/C17H20N2O/c18-17(19)7-4-12-20-16-10-8-15(9-11-16)13-14-5-2-1-3-6-14/h1-3,5-6,8-11H,4,7,12-13H2,(H3,18,19). The van der Waals surface area contributed by atoms with Gasteiger partial charge < -0.3 is 10.5 Å². The number of ether oxygens (including phenoxy) is 1. The van der Waals surface area contributed by atoms with Crippen molar-refractivity contribution in [2.24, 2.45) is 5.73 Å². The Labute approximate surface area is 119 Å². The molecule has 0 radical (unpaired) electrons. The molecular formula is C17H20N2O. The molecule has 0 unspecified atom stereocenters. The highest BCUT2D eigenvalue weighted by atomic mass is 16.5. The summed E-state index contributed by atoms with van der Waals surface area (Å²) in [7, 11) is 0. The van der Waals surface area contributed by atoms with Crippen LogP contribution in [0.15, 0.2) is 54.6 Å². The van der Waals surface area contributed by atoms with Crippen LogP contribution in [-0.2, 0) is 6.42 Å². The third-order valence-corrected chi connectivity index (χ3v) is 3.03. The first-order valence-corrected chi connectivity index (χ1v) is 6.82. The Bertz CT molecular complexity index is 535. The average Bonchev–Trinajstić information content (AvgIpc) is 2.46.